The molecule has 100 valence electrons. The molecule has 1 aromatic carbocycles. The molecule has 0 fully saturated rings. The molecule has 0 amide bonds. The van der Waals surface area contributed by atoms with Crippen molar-refractivity contribution in [1.82, 2.24) is 9.38 Å². The summed E-state index contributed by atoms with van der Waals surface area (Å²) in [6.07, 6.45) is 3.62. The van der Waals surface area contributed by atoms with Crippen LogP contribution in [0.4, 0.5) is 5.69 Å². The molecule has 2 aromatic heterocycles. The van der Waals surface area contributed by atoms with Gasteiger partial charge in [-0.05, 0) is 44.0 Å². The average Bonchev–Trinajstić information content (AvgIpc) is 2.82. The van der Waals surface area contributed by atoms with Gasteiger partial charge in [0.1, 0.15) is 0 Å². The summed E-state index contributed by atoms with van der Waals surface area (Å²) >= 11 is 6.83. The first-order valence-corrected chi connectivity index (χ1v) is 7.22. The van der Waals surface area contributed by atoms with Gasteiger partial charge in [0.25, 0.3) is 5.69 Å². The van der Waals surface area contributed by atoms with E-state index in [9.17, 15) is 10.1 Å². The summed E-state index contributed by atoms with van der Waals surface area (Å²) < 4.78 is 3.53. The van der Waals surface area contributed by atoms with Gasteiger partial charge < -0.3 is 4.40 Å². The van der Waals surface area contributed by atoms with Crippen molar-refractivity contribution >= 4 is 43.2 Å². The zero-order chi connectivity index (χ0) is 14.3. The van der Waals surface area contributed by atoms with Crippen LogP contribution in [-0.4, -0.2) is 14.3 Å². The van der Waals surface area contributed by atoms with Crippen LogP contribution >= 0.6 is 31.9 Å². The van der Waals surface area contributed by atoms with Crippen LogP contribution in [0, 0.1) is 10.1 Å². The van der Waals surface area contributed by atoms with E-state index < -0.39 is 4.92 Å². The lowest BCUT2D eigenvalue weighted by Crippen LogP contribution is -1.91. The molecule has 3 aromatic rings. The van der Waals surface area contributed by atoms with Crippen LogP contribution in [-0.2, 0) is 0 Å². The van der Waals surface area contributed by atoms with Crippen LogP contribution in [0.3, 0.4) is 0 Å². The molecule has 0 spiro atoms. The predicted octanol–water partition coefficient (Wildman–Crippen LogP) is 4.43. The van der Waals surface area contributed by atoms with Crippen molar-refractivity contribution in [2.24, 2.45) is 0 Å². The van der Waals surface area contributed by atoms with Crippen molar-refractivity contribution in [2.45, 2.75) is 0 Å². The summed E-state index contributed by atoms with van der Waals surface area (Å²) in [5.41, 5.74) is 1.83. The molecule has 3 rings (SSSR count). The molecule has 0 saturated heterocycles. The Bertz CT molecular complexity index is 830. The Morgan fingerprint density at radius 2 is 1.95 bits per heavy atom. The summed E-state index contributed by atoms with van der Waals surface area (Å²) in [4.78, 5) is 15.1. The predicted molar refractivity (Wildman–Crippen MR) is 82.7 cm³/mol. The third kappa shape index (κ3) is 2.23. The molecule has 5 nitrogen and oxygen atoms in total. The maximum Gasteiger partial charge on any atom is 0.278 e. The van der Waals surface area contributed by atoms with Crippen LogP contribution in [0.15, 0.2) is 51.7 Å². The molecule has 0 radical (unpaired) electrons. The van der Waals surface area contributed by atoms with E-state index in [-0.39, 0.29) is 5.69 Å². The Hall–Kier alpha value is -1.73. The van der Waals surface area contributed by atoms with Gasteiger partial charge in [-0.15, -0.1) is 0 Å². The Balaban J connectivity index is 2.26. The average molecular weight is 397 g/mol. The largest absolute Gasteiger partial charge is 0.304 e. The Kier molecular flexibility index (Phi) is 3.31. The van der Waals surface area contributed by atoms with Crippen LogP contribution in [0.1, 0.15) is 0 Å². The number of nitrogens with zero attached hydrogens (tertiary/aromatic N) is 3. The number of hydrogen-bond donors (Lipinski definition) is 0. The summed E-state index contributed by atoms with van der Waals surface area (Å²) in [7, 11) is 0. The van der Waals surface area contributed by atoms with Gasteiger partial charge in [-0.1, -0.05) is 12.1 Å². The summed E-state index contributed by atoms with van der Waals surface area (Å²) in [5, 5.41) is 11.1. The monoisotopic (exact) mass is 395 g/mol. The number of imidazole rings is 1. The third-order valence-corrected chi connectivity index (χ3v) is 3.87. The number of hydrogen-bond acceptors (Lipinski definition) is 3. The van der Waals surface area contributed by atoms with Gasteiger partial charge in [0.2, 0.25) is 0 Å². The first kappa shape index (κ1) is 13.3. The minimum atomic E-state index is -0.399. The molecule has 0 aliphatic rings. The van der Waals surface area contributed by atoms with E-state index in [2.05, 4.69) is 36.8 Å². The maximum absolute atomic E-state index is 11.1. The fourth-order valence-electron chi connectivity index (χ4n) is 2.00. The lowest BCUT2D eigenvalue weighted by molar-refractivity contribution is -0.384. The molecular weight excluding hydrogens is 390 g/mol. The van der Waals surface area contributed by atoms with E-state index >= 15 is 0 Å². The molecule has 0 aliphatic heterocycles. The van der Waals surface area contributed by atoms with Crippen molar-refractivity contribution in [3.8, 4) is 11.3 Å². The lowest BCUT2D eigenvalue weighted by Gasteiger charge is -1.97. The molecular formula is C13H7Br2N3O2. The smallest absolute Gasteiger partial charge is 0.278 e. The van der Waals surface area contributed by atoms with Gasteiger partial charge in [0, 0.05) is 22.9 Å². The lowest BCUT2D eigenvalue weighted by atomic mass is 10.1. The number of halogens is 2. The van der Waals surface area contributed by atoms with Crippen molar-refractivity contribution in [2.75, 3.05) is 0 Å². The molecule has 0 saturated carbocycles. The SMILES string of the molecule is O=[N+]([O-])c1ccccc1-c1cn2cc(Br)cc(Br)c2n1. The number of pyridine rings is 1. The van der Waals surface area contributed by atoms with Crippen LogP contribution in [0.2, 0.25) is 0 Å². The standard InChI is InChI=1S/C13H7Br2N3O2/c14-8-5-10(15)13-16-11(7-17(13)6-8)9-3-1-2-4-12(9)18(19)20/h1-7H. The van der Waals surface area contributed by atoms with Gasteiger partial charge in [-0.2, -0.15) is 0 Å². The fourth-order valence-corrected chi connectivity index (χ4v) is 3.30. The number of nitro groups is 1. The Labute approximate surface area is 130 Å². The first-order valence-electron chi connectivity index (χ1n) is 5.64. The number of rotatable bonds is 2. The highest BCUT2D eigenvalue weighted by Gasteiger charge is 2.17. The molecule has 0 bridgehead atoms. The topological polar surface area (TPSA) is 60.4 Å². The van der Waals surface area contributed by atoms with Crippen LogP contribution < -0.4 is 0 Å². The zero-order valence-corrected chi connectivity index (χ0v) is 13.1. The van der Waals surface area contributed by atoms with Gasteiger partial charge in [0.05, 0.1) is 20.7 Å². The van der Waals surface area contributed by atoms with E-state index in [1.807, 2.05) is 16.7 Å². The van der Waals surface area contributed by atoms with Gasteiger partial charge in [0.15, 0.2) is 5.65 Å². The van der Waals surface area contributed by atoms with E-state index in [0.29, 0.717) is 16.9 Å². The second kappa shape index (κ2) is 4.99. The minimum absolute atomic E-state index is 0.0473. The van der Waals surface area contributed by atoms with E-state index in [1.165, 1.54) is 6.07 Å². The molecule has 0 N–H and O–H groups in total. The molecule has 0 unspecified atom stereocenters. The number of nitro benzene ring substituents is 1. The maximum atomic E-state index is 11.1. The van der Waals surface area contributed by atoms with E-state index in [4.69, 9.17) is 0 Å². The number of aromatic nitrogens is 2. The van der Waals surface area contributed by atoms with Crippen LogP contribution in [0.25, 0.3) is 16.9 Å². The number of fused-ring (bicyclic) bond motifs is 1. The fraction of sp³-hybridized carbons (Fsp3) is 0. The first-order chi connectivity index (χ1) is 9.56. The van der Waals surface area contributed by atoms with E-state index in [0.717, 1.165) is 8.95 Å². The molecule has 0 aliphatic carbocycles. The van der Waals surface area contributed by atoms with Crippen molar-refractivity contribution in [3.63, 3.8) is 0 Å². The number of para-hydroxylation sites is 1. The summed E-state index contributed by atoms with van der Waals surface area (Å²) in [5.74, 6) is 0. The highest BCUT2D eigenvalue weighted by Crippen LogP contribution is 2.31. The third-order valence-electron chi connectivity index (χ3n) is 2.85. The summed E-state index contributed by atoms with van der Waals surface area (Å²) in [6, 6.07) is 8.46. The second-order valence-corrected chi connectivity index (χ2v) is 5.91. The second-order valence-electron chi connectivity index (χ2n) is 4.14. The molecule has 0 atom stereocenters. The number of benzene rings is 1. The normalized spacial score (nSPS) is 10.9. The minimum Gasteiger partial charge on any atom is -0.304 e. The highest BCUT2D eigenvalue weighted by molar-refractivity contribution is 9.11. The van der Waals surface area contributed by atoms with Gasteiger partial charge >= 0.3 is 0 Å². The molecule has 7 heteroatoms. The van der Waals surface area contributed by atoms with Crippen molar-refractivity contribution < 1.29 is 4.92 Å². The molecule has 2 heterocycles. The van der Waals surface area contributed by atoms with Crippen LogP contribution in [0.5, 0.6) is 0 Å². The molecule has 20 heavy (non-hydrogen) atoms. The van der Waals surface area contributed by atoms with Crippen molar-refractivity contribution in [3.05, 3.63) is 61.8 Å². The zero-order valence-electron chi connectivity index (χ0n) is 9.96. The Morgan fingerprint density at radius 1 is 1.20 bits per heavy atom. The van der Waals surface area contributed by atoms with Gasteiger partial charge in [-0.25, -0.2) is 4.98 Å². The quantitative estimate of drug-likeness (QED) is 0.475. The van der Waals surface area contributed by atoms with E-state index in [1.54, 1.807) is 24.4 Å². The van der Waals surface area contributed by atoms with Crippen molar-refractivity contribution in [1.29, 1.82) is 0 Å². The Morgan fingerprint density at radius 3 is 2.70 bits per heavy atom. The van der Waals surface area contributed by atoms with Gasteiger partial charge in [-0.3, -0.25) is 10.1 Å². The highest BCUT2D eigenvalue weighted by atomic mass is 79.9. The summed E-state index contributed by atoms with van der Waals surface area (Å²) in [6.45, 7) is 0.